The van der Waals surface area contributed by atoms with Gasteiger partial charge in [0.1, 0.15) is 0 Å². The molecule has 0 aliphatic rings. The van der Waals surface area contributed by atoms with Gasteiger partial charge in [-0.25, -0.2) is 0 Å². The van der Waals surface area contributed by atoms with Crippen LogP contribution in [0.3, 0.4) is 0 Å². The lowest BCUT2D eigenvalue weighted by atomic mass is 10.0. The highest BCUT2D eigenvalue weighted by atomic mass is 79.9. The standard InChI is InChI=1S/C14H30BrN/c1-5-6-7-11-16(13(2)3)12-9-14(4)8-10-15/h13-14H,5-12H2,1-4H3. The molecule has 0 saturated carbocycles. The van der Waals surface area contributed by atoms with Crippen LogP contribution in [-0.4, -0.2) is 29.4 Å². The molecular formula is C14H30BrN. The van der Waals surface area contributed by atoms with E-state index < -0.39 is 0 Å². The molecule has 2 heteroatoms. The van der Waals surface area contributed by atoms with Gasteiger partial charge in [0.05, 0.1) is 0 Å². The van der Waals surface area contributed by atoms with Gasteiger partial charge in [0.25, 0.3) is 0 Å². The van der Waals surface area contributed by atoms with E-state index in [-0.39, 0.29) is 0 Å². The Hall–Kier alpha value is 0.440. The Bertz CT molecular complexity index is 148. The Morgan fingerprint density at radius 3 is 2.19 bits per heavy atom. The maximum atomic E-state index is 3.52. The third kappa shape index (κ3) is 8.58. The van der Waals surface area contributed by atoms with Crippen LogP contribution in [0.1, 0.15) is 59.8 Å². The van der Waals surface area contributed by atoms with Crippen molar-refractivity contribution >= 4 is 15.9 Å². The molecule has 16 heavy (non-hydrogen) atoms. The molecule has 0 spiro atoms. The van der Waals surface area contributed by atoms with Gasteiger partial charge in [-0.2, -0.15) is 0 Å². The van der Waals surface area contributed by atoms with Crippen molar-refractivity contribution in [1.29, 1.82) is 0 Å². The molecule has 0 aliphatic heterocycles. The van der Waals surface area contributed by atoms with Gasteiger partial charge < -0.3 is 4.90 Å². The van der Waals surface area contributed by atoms with Gasteiger partial charge in [0, 0.05) is 11.4 Å². The van der Waals surface area contributed by atoms with Crippen LogP contribution < -0.4 is 0 Å². The summed E-state index contributed by atoms with van der Waals surface area (Å²) in [6.07, 6.45) is 6.71. The molecule has 0 heterocycles. The van der Waals surface area contributed by atoms with Gasteiger partial charge in [0.2, 0.25) is 0 Å². The molecule has 0 aliphatic carbocycles. The average molecular weight is 292 g/mol. The fourth-order valence-electron chi connectivity index (χ4n) is 1.91. The van der Waals surface area contributed by atoms with E-state index in [1.54, 1.807) is 0 Å². The molecule has 98 valence electrons. The highest BCUT2D eigenvalue weighted by Gasteiger charge is 2.10. The summed E-state index contributed by atoms with van der Waals surface area (Å²) in [5.41, 5.74) is 0. The van der Waals surface area contributed by atoms with E-state index in [1.807, 2.05) is 0 Å². The lowest BCUT2D eigenvalue weighted by molar-refractivity contribution is 0.203. The normalized spacial score (nSPS) is 13.7. The van der Waals surface area contributed by atoms with Crippen molar-refractivity contribution in [3.63, 3.8) is 0 Å². The maximum Gasteiger partial charge on any atom is 0.00385 e. The highest BCUT2D eigenvalue weighted by molar-refractivity contribution is 9.09. The smallest absolute Gasteiger partial charge is 0.00385 e. The van der Waals surface area contributed by atoms with Crippen molar-refractivity contribution in [2.24, 2.45) is 5.92 Å². The lowest BCUT2D eigenvalue weighted by Crippen LogP contribution is -2.33. The van der Waals surface area contributed by atoms with E-state index in [2.05, 4.69) is 48.5 Å². The first-order valence-electron chi connectivity index (χ1n) is 6.91. The molecule has 1 unspecified atom stereocenters. The van der Waals surface area contributed by atoms with Crippen molar-refractivity contribution in [1.82, 2.24) is 4.90 Å². The fraction of sp³-hybridized carbons (Fsp3) is 1.00. The Kier molecular flexibility index (Phi) is 10.9. The van der Waals surface area contributed by atoms with E-state index in [1.165, 1.54) is 45.2 Å². The third-order valence-electron chi connectivity index (χ3n) is 3.29. The number of hydrogen-bond donors (Lipinski definition) is 0. The molecule has 0 fully saturated rings. The topological polar surface area (TPSA) is 3.24 Å². The zero-order valence-electron chi connectivity index (χ0n) is 11.6. The summed E-state index contributed by atoms with van der Waals surface area (Å²) in [4.78, 5) is 2.64. The van der Waals surface area contributed by atoms with E-state index >= 15 is 0 Å². The van der Waals surface area contributed by atoms with Crippen LogP contribution in [-0.2, 0) is 0 Å². The predicted octanol–water partition coefficient (Wildman–Crippen LogP) is 4.70. The van der Waals surface area contributed by atoms with Gasteiger partial charge in [-0.05, 0) is 52.1 Å². The SMILES string of the molecule is CCCCCN(CCC(C)CCBr)C(C)C. The molecule has 0 aromatic carbocycles. The summed E-state index contributed by atoms with van der Waals surface area (Å²) in [6.45, 7) is 11.8. The number of unbranched alkanes of at least 4 members (excludes halogenated alkanes) is 2. The van der Waals surface area contributed by atoms with Crippen LogP contribution in [0.15, 0.2) is 0 Å². The van der Waals surface area contributed by atoms with Crippen molar-refractivity contribution in [3.8, 4) is 0 Å². The minimum absolute atomic E-state index is 0.702. The van der Waals surface area contributed by atoms with E-state index in [0.29, 0.717) is 6.04 Å². The van der Waals surface area contributed by atoms with Gasteiger partial charge >= 0.3 is 0 Å². The summed E-state index contributed by atoms with van der Waals surface area (Å²) in [5, 5.41) is 1.14. The number of halogens is 1. The van der Waals surface area contributed by atoms with Crippen LogP contribution in [0.5, 0.6) is 0 Å². The van der Waals surface area contributed by atoms with Gasteiger partial charge in [0.15, 0.2) is 0 Å². The molecule has 0 aromatic heterocycles. The zero-order valence-corrected chi connectivity index (χ0v) is 13.2. The summed E-state index contributed by atoms with van der Waals surface area (Å²) in [7, 11) is 0. The summed E-state index contributed by atoms with van der Waals surface area (Å²) in [5.74, 6) is 0.854. The molecule has 1 nitrogen and oxygen atoms in total. The second-order valence-corrected chi connectivity index (χ2v) is 6.00. The van der Waals surface area contributed by atoms with Gasteiger partial charge in [-0.3, -0.25) is 0 Å². The number of hydrogen-bond acceptors (Lipinski definition) is 1. The van der Waals surface area contributed by atoms with Crippen molar-refractivity contribution in [2.45, 2.75) is 65.8 Å². The highest BCUT2D eigenvalue weighted by Crippen LogP contribution is 2.12. The Labute approximate surface area is 111 Å². The van der Waals surface area contributed by atoms with E-state index in [4.69, 9.17) is 0 Å². The predicted molar refractivity (Wildman–Crippen MR) is 78.4 cm³/mol. The second-order valence-electron chi connectivity index (χ2n) is 5.21. The molecule has 0 N–H and O–H groups in total. The molecule has 0 aromatic rings. The first-order chi connectivity index (χ1) is 7.61. The van der Waals surface area contributed by atoms with Crippen LogP contribution in [0.4, 0.5) is 0 Å². The summed E-state index contributed by atoms with van der Waals surface area (Å²) < 4.78 is 0. The van der Waals surface area contributed by atoms with Crippen molar-refractivity contribution < 1.29 is 0 Å². The molecule has 0 saturated heterocycles. The minimum atomic E-state index is 0.702. The molecule has 0 amide bonds. The van der Waals surface area contributed by atoms with E-state index in [0.717, 1.165) is 11.2 Å². The van der Waals surface area contributed by atoms with Gasteiger partial charge in [-0.15, -0.1) is 0 Å². The second kappa shape index (κ2) is 10.6. The molecule has 0 rings (SSSR count). The quantitative estimate of drug-likeness (QED) is 0.417. The Morgan fingerprint density at radius 2 is 1.69 bits per heavy atom. The number of alkyl halides is 1. The van der Waals surface area contributed by atoms with Crippen LogP contribution >= 0.6 is 15.9 Å². The van der Waals surface area contributed by atoms with Crippen LogP contribution in [0.25, 0.3) is 0 Å². The molecular weight excluding hydrogens is 262 g/mol. The first kappa shape index (κ1) is 16.4. The molecule has 0 bridgehead atoms. The molecule has 0 radical (unpaired) electrons. The largest absolute Gasteiger partial charge is 0.301 e. The first-order valence-corrected chi connectivity index (χ1v) is 8.04. The van der Waals surface area contributed by atoms with E-state index in [9.17, 15) is 0 Å². The lowest BCUT2D eigenvalue weighted by Gasteiger charge is -2.27. The zero-order chi connectivity index (χ0) is 12.4. The van der Waals surface area contributed by atoms with Gasteiger partial charge in [-0.1, -0.05) is 42.6 Å². The molecule has 1 atom stereocenters. The van der Waals surface area contributed by atoms with Crippen LogP contribution in [0, 0.1) is 5.92 Å². The minimum Gasteiger partial charge on any atom is -0.301 e. The summed E-state index contributed by atoms with van der Waals surface area (Å²) in [6, 6.07) is 0.702. The number of rotatable bonds is 10. The average Bonchev–Trinajstić information content (AvgIpc) is 2.23. The fourth-order valence-corrected chi connectivity index (χ4v) is 2.69. The monoisotopic (exact) mass is 291 g/mol. The maximum absolute atomic E-state index is 3.52. The Morgan fingerprint density at radius 1 is 1.00 bits per heavy atom. The number of nitrogens with zero attached hydrogens (tertiary/aromatic N) is 1. The summed E-state index contributed by atoms with van der Waals surface area (Å²) >= 11 is 3.52. The van der Waals surface area contributed by atoms with Crippen molar-refractivity contribution in [3.05, 3.63) is 0 Å². The third-order valence-corrected chi connectivity index (χ3v) is 3.75. The van der Waals surface area contributed by atoms with Crippen molar-refractivity contribution in [2.75, 3.05) is 18.4 Å². The van der Waals surface area contributed by atoms with Crippen LogP contribution in [0.2, 0.25) is 0 Å². The Balaban J connectivity index is 3.75.